The van der Waals surface area contributed by atoms with Crippen LogP contribution in [0.4, 0.5) is 0 Å². The van der Waals surface area contributed by atoms with Crippen LogP contribution in [0.5, 0.6) is 0 Å². The predicted octanol–water partition coefficient (Wildman–Crippen LogP) is 0.320. The van der Waals surface area contributed by atoms with Crippen LogP contribution in [0.3, 0.4) is 0 Å². The fraction of sp³-hybridized carbons (Fsp3) is 0.875. The molecular formula is C8H18N2O. The van der Waals surface area contributed by atoms with Gasteiger partial charge in [0.05, 0.1) is 6.54 Å². The second-order valence-electron chi connectivity index (χ2n) is 3.20. The molecule has 0 heterocycles. The maximum Gasteiger partial charge on any atom is 0.236 e. The van der Waals surface area contributed by atoms with E-state index in [9.17, 15) is 4.79 Å². The van der Waals surface area contributed by atoms with Crippen molar-refractivity contribution >= 4 is 5.91 Å². The van der Waals surface area contributed by atoms with E-state index < -0.39 is 0 Å². The van der Waals surface area contributed by atoms with Gasteiger partial charge in [-0.3, -0.25) is 4.79 Å². The standard InChI is InChI=1S/C8H18N2O/c1-7(2)6-10(4)8(11)5-9-3/h7,9H,5-6H2,1-4H3. The first-order valence-electron chi connectivity index (χ1n) is 3.96. The average Bonchev–Trinajstić information content (AvgIpc) is 1.86. The van der Waals surface area contributed by atoms with Crippen LogP contribution >= 0.6 is 0 Å². The first-order chi connectivity index (χ1) is 5.07. The molecule has 0 aliphatic rings. The van der Waals surface area contributed by atoms with Gasteiger partial charge in [-0.05, 0) is 13.0 Å². The van der Waals surface area contributed by atoms with E-state index >= 15 is 0 Å². The highest BCUT2D eigenvalue weighted by molar-refractivity contribution is 5.77. The number of hydrogen-bond acceptors (Lipinski definition) is 2. The first-order valence-corrected chi connectivity index (χ1v) is 3.96. The van der Waals surface area contributed by atoms with Crippen LogP contribution in [-0.4, -0.2) is 38.0 Å². The van der Waals surface area contributed by atoms with Crippen LogP contribution < -0.4 is 5.32 Å². The maximum absolute atomic E-state index is 11.1. The molecule has 0 spiro atoms. The summed E-state index contributed by atoms with van der Waals surface area (Å²) in [5.74, 6) is 0.696. The summed E-state index contributed by atoms with van der Waals surface area (Å²) in [5, 5.41) is 2.83. The molecule has 0 fully saturated rings. The summed E-state index contributed by atoms with van der Waals surface area (Å²) < 4.78 is 0. The van der Waals surface area contributed by atoms with E-state index in [0.717, 1.165) is 6.54 Å². The van der Waals surface area contributed by atoms with E-state index in [4.69, 9.17) is 0 Å². The molecular weight excluding hydrogens is 140 g/mol. The van der Waals surface area contributed by atoms with Crippen LogP contribution in [0.25, 0.3) is 0 Å². The summed E-state index contributed by atoms with van der Waals surface area (Å²) >= 11 is 0. The van der Waals surface area contributed by atoms with Gasteiger partial charge in [0.2, 0.25) is 5.91 Å². The average molecular weight is 158 g/mol. The molecule has 0 rings (SSSR count). The summed E-state index contributed by atoms with van der Waals surface area (Å²) in [7, 11) is 3.61. The molecule has 0 aliphatic carbocycles. The Morgan fingerprint density at radius 3 is 2.45 bits per heavy atom. The smallest absolute Gasteiger partial charge is 0.236 e. The maximum atomic E-state index is 11.1. The van der Waals surface area contributed by atoms with Crippen LogP contribution in [0.1, 0.15) is 13.8 Å². The lowest BCUT2D eigenvalue weighted by Crippen LogP contribution is -2.36. The van der Waals surface area contributed by atoms with Crippen LogP contribution in [0.15, 0.2) is 0 Å². The van der Waals surface area contributed by atoms with Crippen molar-refractivity contribution in [2.24, 2.45) is 5.92 Å². The molecule has 0 aromatic rings. The van der Waals surface area contributed by atoms with E-state index in [1.165, 1.54) is 0 Å². The minimum Gasteiger partial charge on any atom is -0.344 e. The van der Waals surface area contributed by atoms with Gasteiger partial charge < -0.3 is 10.2 Å². The summed E-state index contributed by atoms with van der Waals surface area (Å²) in [5.41, 5.74) is 0. The molecule has 0 radical (unpaired) electrons. The van der Waals surface area contributed by atoms with E-state index in [2.05, 4.69) is 19.2 Å². The summed E-state index contributed by atoms with van der Waals surface area (Å²) in [6, 6.07) is 0. The van der Waals surface area contributed by atoms with Crippen molar-refractivity contribution in [1.29, 1.82) is 0 Å². The number of nitrogens with zero attached hydrogens (tertiary/aromatic N) is 1. The van der Waals surface area contributed by atoms with E-state index in [0.29, 0.717) is 12.5 Å². The summed E-state index contributed by atoms with van der Waals surface area (Å²) in [4.78, 5) is 12.9. The quantitative estimate of drug-likeness (QED) is 0.639. The minimum absolute atomic E-state index is 0.154. The van der Waals surface area contributed by atoms with Crippen molar-refractivity contribution in [2.45, 2.75) is 13.8 Å². The Labute approximate surface area is 68.8 Å². The molecule has 66 valence electrons. The molecule has 0 bridgehead atoms. The van der Waals surface area contributed by atoms with Gasteiger partial charge in [0.1, 0.15) is 0 Å². The Morgan fingerprint density at radius 2 is 2.09 bits per heavy atom. The number of carbonyl (C=O) groups excluding carboxylic acids is 1. The zero-order valence-corrected chi connectivity index (χ0v) is 7.85. The van der Waals surface area contributed by atoms with Crippen molar-refractivity contribution in [1.82, 2.24) is 10.2 Å². The van der Waals surface area contributed by atoms with Gasteiger partial charge in [0.25, 0.3) is 0 Å². The molecule has 0 aliphatic heterocycles. The van der Waals surface area contributed by atoms with Crippen LogP contribution in [-0.2, 0) is 4.79 Å². The molecule has 0 unspecified atom stereocenters. The van der Waals surface area contributed by atoms with E-state index in [-0.39, 0.29) is 5.91 Å². The van der Waals surface area contributed by atoms with Crippen molar-refractivity contribution in [3.63, 3.8) is 0 Å². The van der Waals surface area contributed by atoms with Crippen molar-refractivity contribution in [2.75, 3.05) is 27.2 Å². The Hall–Kier alpha value is -0.570. The predicted molar refractivity (Wildman–Crippen MR) is 46.4 cm³/mol. The molecule has 3 heteroatoms. The van der Waals surface area contributed by atoms with Crippen molar-refractivity contribution in [3.8, 4) is 0 Å². The number of nitrogens with one attached hydrogen (secondary N) is 1. The lowest BCUT2D eigenvalue weighted by Gasteiger charge is -2.18. The highest BCUT2D eigenvalue weighted by Gasteiger charge is 2.07. The normalized spacial score (nSPS) is 10.3. The molecule has 0 saturated heterocycles. The number of carbonyl (C=O) groups is 1. The van der Waals surface area contributed by atoms with Crippen molar-refractivity contribution in [3.05, 3.63) is 0 Å². The van der Waals surface area contributed by atoms with Gasteiger partial charge in [-0.15, -0.1) is 0 Å². The van der Waals surface area contributed by atoms with Crippen LogP contribution in [0.2, 0.25) is 0 Å². The van der Waals surface area contributed by atoms with Gasteiger partial charge in [-0.2, -0.15) is 0 Å². The molecule has 0 atom stereocenters. The second kappa shape index (κ2) is 5.13. The Balaban J connectivity index is 3.64. The third-order valence-corrected chi connectivity index (χ3v) is 1.39. The van der Waals surface area contributed by atoms with Gasteiger partial charge in [0, 0.05) is 13.6 Å². The number of likely N-dealkylation sites (N-methyl/N-ethyl adjacent to an activating group) is 2. The topological polar surface area (TPSA) is 32.3 Å². The third-order valence-electron chi connectivity index (χ3n) is 1.39. The first kappa shape index (κ1) is 10.4. The second-order valence-corrected chi connectivity index (χ2v) is 3.20. The Kier molecular flexibility index (Phi) is 4.86. The zero-order valence-electron chi connectivity index (χ0n) is 7.85. The fourth-order valence-corrected chi connectivity index (χ4v) is 0.936. The highest BCUT2D eigenvalue weighted by Crippen LogP contribution is 1.95. The molecule has 1 amide bonds. The monoisotopic (exact) mass is 158 g/mol. The van der Waals surface area contributed by atoms with Gasteiger partial charge in [0.15, 0.2) is 0 Å². The highest BCUT2D eigenvalue weighted by atomic mass is 16.2. The van der Waals surface area contributed by atoms with Gasteiger partial charge in [-0.25, -0.2) is 0 Å². The lowest BCUT2D eigenvalue weighted by atomic mass is 10.2. The Bertz CT molecular complexity index is 123. The van der Waals surface area contributed by atoms with E-state index in [1.807, 2.05) is 7.05 Å². The molecule has 1 N–H and O–H groups in total. The van der Waals surface area contributed by atoms with Crippen LogP contribution in [0, 0.1) is 5.92 Å². The summed E-state index contributed by atoms with van der Waals surface area (Å²) in [6.07, 6.45) is 0. The largest absolute Gasteiger partial charge is 0.344 e. The van der Waals surface area contributed by atoms with Crippen molar-refractivity contribution < 1.29 is 4.79 Å². The molecule has 0 saturated carbocycles. The van der Waals surface area contributed by atoms with Gasteiger partial charge >= 0.3 is 0 Å². The third kappa shape index (κ3) is 4.79. The minimum atomic E-state index is 0.154. The molecule has 11 heavy (non-hydrogen) atoms. The number of rotatable bonds is 4. The zero-order chi connectivity index (χ0) is 8.85. The lowest BCUT2D eigenvalue weighted by molar-refractivity contribution is -0.129. The molecule has 0 aromatic carbocycles. The number of amides is 1. The van der Waals surface area contributed by atoms with E-state index in [1.54, 1.807) is 11.9 Å². The number of hydrogen-bond donors (Lipinski definition) is 1. The summed E-state index contributed by atoms with van der Waals surface area (Å²) in [6.45, 7) is 5.47. The van der Waals surface area contributed by atoms with Gasteiger partial charge in [-0.1, -0.05) is 13.8 Å². The molecule has 0 aromatic heterocycles. The Morgan fingerprint density at radius 1 is 1.55 bits per heavy atom. The molecule has 3 nitrogen and oxygen atoms in total. The fourth-order valence-electron chi connectivity index (χ4n) is 0.936. The SMILES string of the molecule is CNCC(=O)N(C)CC(C)C.